The first-order chi connectivity index (χ1) is 11.0. The molecule has 1 saturated heterocycles. The largest absolute Gasteiger partial charge is 0.301 e. The standard InChI is InChI=1S/C16H24ClN5S/c1-20(11-14-8-18-16(17)23-14)9-12-5-4-6-21(2)15(12)13-7-19-22(3)10-13/h7-8,10,12,15H,4-6,9,11H2,1-3H3/t12-,15+/m0/s1. The summed E-state index contributed by atoms with van der Waals surface area (Å²) < 4.78 is 2.52. The number of halogens is 1. The number of aromatic nitrogens is 3. The average molecular weight is 354 g/mol. The Morgan fingerprint density at radius 1 is 1.39 bits per heavy atom. The van der Waals surface area contributed by atoms with Gasteiger partial charge in [0.2, 0.25) is 0 Å². The van der Waals surface area contributed by atoms with Gasteiger partial charge in [-0.3, -0.25) is 9.58 Å². The molecule has 2 aromatic rings. The molecule has 7 heteroatoms. The van der Waals surface area contributed by atoms with Crippen LogP contribution in [0.4, 0.5) is 0 Å². The maximum absolute atomic E-state index is 5.93. The summed E-state index contributed by atoms with van der Waals surface area (Å²) in [5, 5.41) is 4.37. The Morgan fingerprint density at radius 2 is 2.22 bits per heavy atom. The minimum Gasteiger partial charge on any atom is -0.301 e. The van der Waals surface area contributed by atoms with Crippen LogP contribution in [-0.4, -0.2) is 51.7 Å². The predicted molar refractivity (Wildman–Crippen MR) is 94.8 cm³/mol. The van der Waals surface area contributed by atoms with Gasteiger partial charge in [-0.1, -0.05) is 11.6 Å². The number of hydrogen-bond donors (Lipinski definition) is 0. The summed E-state index contributed by atoms with van der Waals surface area (Å²) in [5.74, 6) is 0.617. The molecule has 126 valence electrons. The summed E-state index contributed by atoms with van der Waals surface area (Å²) in [6.45, 7) is 3.13. The fourth-order valence-corrected chi connectivity index (χ4v) is 4.72. The van der Waals surface area contributed by atoms with E-state index in [1.54, 1.807) is 11.3 Å². The summed E-state index contributed by atoms with van der Waals surface area (Å²) >= 11 is 7.50. The second-order valence-corrected chi connectivity index (χ2v) is 8.25. The molecule has 23 heavy (non-hydrogen) atoms. The van der Waals surface area contributed by atoms with Gasteiger partial charge in [0, 0.05) is 49.0 Å². The Kier molecular flexibility index (Phi) is 5.36. The molecule has 0 N–H and O–H groups in total. The van der Waals surface area contributed by atoms with E-state index in [1.807, 2.05) is 24.1 Å². The van der Waals surface area contributed by atoms with E-state index in [-0.39, 0.29) is 0 Å². The molecule has 1 aliphatic heterocycles. The number of thiazole rings is 1. The van der Waals surface area contributed by atoms with Crippen molar-refractivity contribution >= 4 is 22.9 Å². The van der Waals surface area contributed by atoms with Crippen molar-refractivity contribution in [2.24, 2.45) is 13.0 Å². The van der Waals surface area contributed by atoms with Crippen LogP contribution in [0.1, 0.15) is 29.3 Å². The molecule has 0 unspecified atom stereocenters. The minimum absolute atomic E-state index is 0.449. The molecule has 0 bridgehead atoms. The fourth-order valence-electron chi connectivity index (χ4n) is 3.66. The number of nitrogens with zero attached hydrogens (tertiary/aromatic N) is 5. The number of likely N-dealkylation sites (tertiary alicyclic amines) is 1. The lowest BCUT2D eigenvalue weighted by atomic mass is 9.86. The van der Waals surface area contributed by atoms with Crippen molar-refractivity contribution in [3.8, 4) is 0 Å². The quantitative estimate of drug-likeness (QED) is 0.828. The van der Waals surface area contributed by atoms with Crippen LogP contribution in [0.2, 0.25) is 4.47 Å². The Hall–Kier alpha value is -0.950. The molecule has 3 heterocycles. The van der Waals surface area contributed by atoms with Crippen LogP contribution in [-0.2, 0) is 13.6 Å². The zero-order chi connectivity index (χ0) is 16.4. The third-order valence-corrected chi connectivity index (χ3v) is 5.67. The van der Waals surface area contributed by atoms with Gasteiger partial charge < -0.3 is 4.90 Å². The second kappa shape index (κ2) is 7.30. The van der Waals surface area contributed by atoms with Gasteiger partial charge in [-0.2, -0.15) is 5.10 Å². The maximum Gasteiger partial charge on any atom is 0.183 e. The Bertz CT molecular complexity index is 640. The van der Waals surface area contributed by atoms with E-state index in [4.69, 9.17) is 11.6 Å². The molecule has 0 amide bonds. The van der Waals surface area contributed by atoms with E-state index in [2.05, 4.69) is 40.2 Å². The van der Waals surface area contributed by atoms with Crippen molar-refractivity contribution in [2.75, 3.05) is 27.2 Å². The minimum atomic E-state index is 0.449. The summed E-state index contributed by atoms with van der Waals surface area (Å²) in [5.41, 5.74) is 1.33. The third-order valence-electron chi connectivity index (χ3n) is 4.57. The van der Waals surface area contributed by atoms with Crippen molar-refractivity contribution in [3.05, 3.63) is 33.5 Å². The first-order valence-corrected chi connectivity index (χ1v) is 9.20. The van der Waals surface area contributed by atoms with Gasteiger partial charge in [0.1, 0.15) is 0 Å². The monoisotopic (exact) mass is 353 g/mol. The van der Waals surface area contributed by atoms with E-state index in [0.29, 0.717) is 16.4 Å². The first-order valence-electron chi connectivity index (χ1n) is 8.00. The van der Waals surface area contributed by atoms with Gasteiger partial charge in [0.05, 0.1) is 6.20 Å². The molecule has 0 spiro atoms. The highest BCUT2D eigenvalue weighted by Gasteiger charge is 2.32. The highest BCUT2D eigenvalue weighted by molar-refractivity contribution is 7.15. The lowest BCUT2D eigenvalue weighted by molar-refractivity contribution is 0.0928. The molecule has 0 radical (unpaired) electrons. The summed E-state index contributed by atoms with van der Waals surface area (Å²) in [6, 6.07) is 0.449. The summed E-state index contributed by atoms with van der Waals surface area (Å²) in [6.07, 6.45) is 8.58. The van der Waals surface area contributed by atoms with E-state index in [1.165, 1.54) is 23.3 Å². The average Bonchev–Trinajstić information content (AvgIpc) is 3.08. The molecule has 3 rings (SSSR count). The molecule has 2 atom stereocenters. The lowest BCUT2D eigenvalue weighted by Crippen LogP contribution is -2.40. The van der Waals surface area contributed by atoms with Gasteiger partial charge in [-0.15, -0.1) is 11.3 Å². The molecule has 0 aliphatic carbocycles. The number of aryl methyl sites for hydroxylation is 1. The van der Waals surface area contributed by atoms with Gasteiger partial charge in [0.15, 0.2) is 4.47 Å². The zero-order valence-electron chi connectivity index (χ0n) is 13.9. The number of rotatable bonds is 5. The smallest absolute Gasteiger partial charge is 0.183 e. The Morgan fingerprint density at radius 3 is 2.87 bits per heavy atom. The highest BCUT2D eigenvalue weighted by atomic mass is 35.5. The Labute approximate surface area is 146 Å². The van der Waals surface area contributed by atoms with Gasteiger partial charge >= 0.3 is 0 Å². The molecule has 1 fully saturated rings. The highest BCUT2D eigenvalue weighted by Crippen LogP contribution is 2.35. The lowest BCUT2D eigenvalue weighted by Gasteiger charge is -2.40. The van der Waals surface area contributed by atoms with Crippen LogP contribution in [0, 0.1) is 5.92 Å². The normalized spacial score (nSPS) is 22.8. The van der Waals surface area contributed by atoms with E-state index in [9.17, 15) is 0 Å². The summed E-state index contributed by atoms with van der Waals surface area (Å²) in [4.78, 5) is 10.2. The molecular formula is C16H24ClN5S. The van der Waals surface area contributed by atoms with Gasteiger partial charge in [0.25, 0.3) is 0 Å². The topological polar surface area (TPSA) is 37.2 Å². The SMILES string of the molecule is CN(Cc1cnc(Cl)s1)C[C@@H]1CCCN(C)[C@H]1c1cnn(C)c1. The van der Waals surface area contributed by atoms with E-state index < -0.39 is 0 Å². The maximum atomic E-state index is 5.93. The number of piperidine rings is 1. The molecule has 5 nitrogen and oxygen atoms in total. The number of hydrogen-bond acceptors (Lipinski definition) is 5. The van der Waals surface area contributed by atoms with Crippen molar-refractivity contribution in [2.45, 2.75) is 25.4 Å². The second-order valence-electron chi connectivity index (χ2n) is 6.55. The van der Waals surface area contributed by atoms with Crippen molar-refractivity contribution in [1.29, 1.82) is 0 Å². The van der Waals surface area contributed by atoms with Crippen molar-refractivity contribution in [1.82, 2.24) is 24.6 Å². The van der Waals surface area contributed by atoms with Crippen LogP contribution in [0.15, 0.2) is 18.6 Å². The van der Waals surface area contributed by atoms with Crippen LogP contribution in [0.5, 0.6) is 0 Å². The van der Waals surface area contributed by atoms with Crippen LogP contribution < -0.4 is 0 Å². The summed E-state index contributed by atoms with van der Waals surface area (Å²) in [7, 11) is 6.40. The third kappa shape index (κ3) is 4.12. The molecule has 1 aliphatic rings. The van der Waals surface area contributed by atoms with Gasteiger partial charge in [-0.05, 0) is 39.4 Å². The van der Waals surface area contributed by atoms with E-state index in [0.717, 1.165) is 19.6 Å². The zero-order valence-corrected chi connectivity index (χ0v) is 15.5. The van der Waals surface area contributed by atoms with Crippen molar-refractivity contribution in [3.63, 3.8) is 0 Å². The van der Waals surface area contributed by atoms with Crippen molar-refractivity contribution < 1.29 is 0 Å². The van der Waals surface area contributed by atoms with Crippen LogP contribution in [0.3, 0.4) is 0 Å². The van der Waals surface area contributed by atoms with Crippen LogP contribution >= 0.6 is 22.9 Å². The van der Waals surface area contributed by atoms with E-state index >= 15 is 0 Å². The molecule has 0 aromatic carbocycles. The first kappa shape index (κ1) is 16.9. The predicted octanol–water partition coefficient (Wildman–Crippen LogP) is 3.04. The Balaban J connectivity index is 1.68. The molecule has 0 saturated carbocycles. The molecule has 2 aromatic heterocycles. The molecular weight excluding hydrogens is 330 g/mol. The fraction of sp³-hybridized carbons (Fsp3) is 0.625. The van der Waals surface area contributed by atoms with Gasteiger partial charge in [-0.25, -0.2) is 4.98 Å². The van der Waals surface area contributed by atoms with Crippen LogP contribution in [0.25, 0.3) is 0 Å².